The minimum atomic E-state index is -4.54. The highest BCUT2D eigenvalue weighted by Crippen LogP contribution is 2.45. The molecule has 0 aliphatic rings. The van der Waals surface area contributed by atoms with Crippen molar-refractivity contribution in [1.29, 1.82) is 0 Å². The van der Waals surface area contributed by atoms with E-state index in [2.05, 4.69) is 10.2 Å². The van der Waals surface area contributed by atoms with E-state index in [4.69, 9.17) is 0 Å². The lowest BCUT2D eigenvalue weighted by molar-refractivity contribution is -0.138. The lowest BCUT2D eigenvalue weighted by atomic mass is 9.70. The van der Waals surface area contributed by atoms with Crippen LogP contribution in [0.4, 0.5) is 13.2 Å². The van der Waals surface area contributed by atoms with Gasteiger partial charge >= 0.3 is 12.1 Å². The predicted octanol–water partition coefficient (Wildman–Crippen LogP) is 6.52. The molecule has 1 heterocycles. The molecule has 0 saturated carbocycles. The zero-order valence-corrected chi connectivity index (χ0v) is 20.9. The maximum atomic E-state index is 13.3. The van der Waals surface area contributed by atoms with Gasteiger partial charge in [-0.15, -0.1) is 15.0 Å². The number of halogens is 3. The van der Waals surface area contributed by atoms with Gasteiger partial charge < -0.3 is 10.2 Å². The molecule has 39 heavy (non-hydrogen) atoms. The molecule has 198 valence electrons. The summed E-state index contributed by atoms with van der Waals surface area (Å²) in [6.07, 6.45) is -4.54. The minimum Gasteiger partial charge on any atom is -0.505 e. The van der Waals surface area contributed by atoms with Crippen molar-refractivity contribution in [2.45, 2.75) is 31.4 Å². The first kappa shape index (κ1) is 26.0. The molecule has 4 aromatic carbocycles. The monoisotopic (exact) mass is 531 g/mol. The van der Waals surface area contributed by atoms with Crippen molar-refractivity contribution in [3.8, 4) is 11.4 Å². The van der Waals surface area contributed by atoms with Gasteiger partial charge in [-0.25, -0.2) is 0 Å². The highest BCUT2D eigenvalue weighted by molar-refractivity contribution is 5.75. The molecule has 0 aliphatic carbocycles. The highest BCUT2D eigenvalue weighted by atomic mass is 19.4. The van der Waals surface area contributed by atoms with Gasteiger partial charge in [0, 0.05) is 17.4 Å². The molecular formula is C30H24F3N3O3. The van der Waals surface area contributed by atoms with Crippen molar-refractivity contribution < 1.29 is 28.2 Å². The minimum absolute atomic E-state index is 0.00981. The molecule has 2 N–H and O–H groups in total. The van der Waals surface area contributed by atoms with Crippen LogP contribution in [0.3, 0.4) is 0 Å². The van der Waals surface area contributed by atoms with Crippen molar-refractivity contribution in [3.63, 3.8) is 0 Å². The Morgan fingerprint density at radius 1 is 0.821 bits per heavy atom. The number of aromatic nitrogens is 3. The molecule has 0 saturated heterocycles. The van der Waals surface area contributed by atoms with Gasteiger partial charge in [-0.2, -0.15) is 13.2 Å². The van der Waals surface area contributed by atoms with Crippen molar-refractivity contribution in [3.05, 3.63) is 119 Å². The number of phenols is 1. The van der Waals surface area contributed by atoms with E-state index in [0.717, 1.165) is 28.1 Å². The molecule has 0 bridgehead atoms. The fourth-order valence-corrected chi connectivity index (χ4v) is 4.83. The quantitative estimate of drug-likeness (QED) is 0.234. The molecule has 0 unspecified atom stereocenters. The van der Waals surface area contributed by atoms with E-state index in [1.807, 2.05) is 67.6 Å². The number of aromatic hydroxyl groups is 1. The Labute approximate surface area is 222 Å². The molecule has 5 aromatic rings. The lowest BCUT2D eigenvalue weighted by Gasteiger charge is -2.33. The number of fused-ring (bicyclic) bond motifs is 1. The molecule has 5 rings (SSSR count). The number of phenolic OH excluding ortho intramolecular Hbond substituents is 1. The van der Waals surface area contributed by atoms with Gasteiger partial charge in [0.1, 0.15) is 22.5 Å². The molecule has 0 radical (unpaired) electrons. The molecule has 0 fully saturated rings. The van der Waals surface area contributed by atoms with E-state index in [0.29, 0.717) is 11.1 Å². The maximum absolute atomic E-state index is 13.3. The second-order valence-corrected chi connectivity index (χ2v) is 9.45. The number of rotatable bonds is 7. The van der Waals surface area contributed by atoms with Gasteiger partial charge in [-0.3, -0.25) is 4.79 Å². The number of hydrogen-bond acceptors (Lipinski definition) is 4. The van der Waals surface area contributed by atoms with Crippen molar-refractivity contribution in [2.75, 3.05) is 0 Å². The number of carboxylic acids is 1. The average molecular weight is 532 g/mol. The Balaban J connectivity index is 1.76. The van der Waals surface area contributed by atoms with Crippen LogP contribution in [0, 0.1) is 0 Å². The van der Waals surface area contributed by atoms with Crippen molar-refractivity contribution >= 4 is 17.0 Å². The first-order chi connectivity index (χ1) is 18.6. The smallest absolute Gasteiger partial charge is 0.416 e. The second kappa shape index (κ2) is 9.90. The van der Waals surface area contributed by atoms with Crippen LogP contribution in [0.5, 0.6) is 5.75 Å². The van der Waals surface area contributed by atoms with Crippen molar-refractivity contribution in [2.24, 2.45) is 0 Å². The van der Waals surface area contributed by atoms with E-state index in [-0.39, 0.29) is 35.3 Å². The molecular weight excluding hydrogens is 507 g/mol. The van der Waals surface area contributed by atoms with Gasteiger partial charge in [0.25, 0.3) is 0 Å². The largest absolute Gasteiger partial charge is 0.505 e. The summed E-state index contributed by atoms with van der Waals surface area (Å²) < 4.78 is 39.8. The van der Waals surface area contributed by atoms with E-state index in [9.17, 15) is 28.2 Å². The molecule has 0 aliphatic heterocycles. The Kier molecular flexibility index (Phi) is 6.59. The van der Waals surface area contributed by atoms with Crippen LogP contribution in [-0.4, -0.2) is 31.2 Å². The third-order valence-corrected chi connectivity index (χ3v) is 6.94. The molecule has 9 heteroatoms. The number of hydrogen-bond donors (Lipinski definition) is 2. The number of nitrogens with zero attached hydrogens (tertiary/aromatic N) is 3. The molecule has 6 nitrogen and oxygen atoms in total. The standard InChI is InChI=1S/C30H24F3N3O3/c1-29(20-8-4-2-5-9-20,21-10-6-3-7-11-21)23-16-19(12-15-27(37)38)17-26(28(23)39)36-34-24-14-13-22(30(31,32)33)18-25(24)35-36/h2-11,13-14,16-18,39H,12,15H2,1H3,(H,37,38). The van der Waals surface area contributed by atoms with Crippen LogP contribution in [0.25, 0.3) is 16.7 Å². The maximum Gasteiger partial charge on any atom is 0.416 e. The van der Waals surface area contributed by atoms with Crippen LogP contribution in [-0.2, 0) is 22.8 Å². The van der Waals surface area contributed by atoms with Crippen molar-refractivity contribution in [1.82, 2.24) is 15.0 Å². The zero-order chi connectivity index (χ0) is 27.8. The highest BCUT2D eigenvalue weighted by Gasteiger charge is 2.35. The second-order valence-electron chi connectivity index (χ2n) is 9.45. The third-order valence-electron chi connectivity index (χ3n) is 6.94. The normalized spacial score (nSPS) is 12.1. The summed E-state index contributed by atoms with van der Waals surface area (Å²) in [5.41, 5.74) is 1.47. The van der Waals surface area contributed by atoms with Gasteiger partial charge in [-0.1, -0.05) is 66.7 Å². The van der Waals surface area contributed by atoms with E-state index >= 15 is 0 Å². The van der Waals surface area contributed by atoms with Gasteiger partial charge in [0.15, 0.2) is 0 Å². The number of alkyl halides is 3. The van der Waals surface area contributed by atoms with Crippen LogP contribution in [0.1, 0.15) is 41.2 Å². The summed E-state index contributed by atoms with van der Waals surface area (Å²) >= 11 is 0. The third kappa shape index (κ3) is 4.95. The molecule has 1 aromatic heterocycles. The summed E-state index contributed by atoms with van der Waals surface area (Å²) in [5, 5.41) is 29.6. The Morgan fingerprint density at radius 2 is 1.41 bits per heavy atom. The summed E-state index contributed by atoms with van der Waals surface area (Å²) in [4.78, 5) is 12.5. The number of carboxylic acid groups (broad SMARTS) is 1. The van der Waals surface area contributed by atoms with E-state index in [1.54, 1.807) is 12.1 Å². The zero-order valence-electron chi connectivity index (χ0n) is 20.9. The molecule has 0 amide bonds. The number of aryl methyl sites for hydroxylation is 1. The van der Waals surface area contributed by atoms with E-state index < -0.39 is 23.1 Å². The lowest BCUT2D eigenvalue weighted by Crippen LogP contribution is -2.26. The number of benzene rings is 4. The van der Waals surface area contributed by atoms with Crippen LogP contribution in [0.15, 0.2) is 91.0 Å². The van der Waals surface area contributed by atoms with Crippen LogP contribution in [0.2, 0.25) is 0 Å². The fraction of sp³-hybridized carbons (Fsp3) is 0.167. The van der Waals surface area contributed by atoms with E-state index in [1.165, 1.54) is 6.07 Å². The first-order valence-electron chi connectivity index (χ1n) is 12.2. The van der Waals surface area contributed by atoms with Crippen LogP contribution < -0.4 is 0 Å². The summed E-state index contributed by atoms with van der Waals surface area (Å²) in [5.74, 6) is -1.15. The SMILES string of the molecule is CC(c1ccccc1)(c1ccccc1)c1cc(CCC(=O)O)cc(-n2nc3ccc(C(F)(F)F)cc3n2)c1O. The van der Waals surface area contributed by atoms with Crippen LogP contribution >= 0.6 is 0 Å². The topological polar surface area (TPSA) is 88.2 Å². The average Bonchev–Trinajstić information content (AvgIpc) is 3.36. The Hall–Kier alpha value is -4.66. The molecule has 0 spiro atoms. The first-order valence-corrected chi connectivity index (χ1v) is 12.2. The molecule has 0 atom stereocenters. The summed E-state index contributed by atoms with van der Waals surface area (Å²) in [6.45, 7) is 1.96. The number of aliphatic carboxylic acids is 1. The Bertz CT molecular complexity index is 1610. The van der Waals surface area contributed by atoms with Gasteiger partial charge in [0.05, 0.1) is 5.56 Å². The Morgan fingerprint density at radius 3 is 1.97 bits per heavy atom. The number of carbonyl (C=O) groups is 1. The van der Waals surface area contributed by atoms with Gasteiger partial charge in [-0.05, 0) is 54.3 Å². The summed E-state index contributed by atoms with van der Waals surface area (Å²) in [6, 6.07) is 25.5. The fourth-order valence-electron chi connectivity index (χ4n) is 4.83. The summed E-state index contributed by atoms with van der Waals surface area (Å²) in [7, 11) is 0. The van der Waals surface area contributed by atoms with Gasteiger partial charge in [0.2, 0.25) is 0 Å². The predicted molar refractivity (Wildman–Crippen MR) is 140 cm³/mol.